The fraction of sp³-hybridized carbons (Fsp3) is 0.154. The Bertz CT molecular complexity index is 609. The lowest BCUT2D eigenvalue weighted by Gasteiger charge is -2.17. The van der Waals surface area contributed by atoms with Crippen LogP contribution in [0.1, 0.15) is 18.6 Å². The van der Waals surface area contributed by atoms with Crippen LogP contribution in [-0.4, -0.2) is 4.98 Å². The van der Waals surface area contributed by atoms with Crippen LogP contribution in [0.2, 0.25) is 10.0 Å². The van der Waals surface area contributed by atoms with Crippen LogP contribution in [0, 0.1) is 5.82 Å². The van der Waals surface area contributed by atoms with E-state index in [2.05, 4.69) is 20.9 Å². The molecule has 0 saturated carbocycles. The first-order valence-electron chi connectivity index (χ1n) is 5.39. The van der Waals surface area contributed by atoms with Crippen molar-refractivity contribution in [1.82, 2.24) is 4.98 Å². The molecule has 1 aromatic heterocycles. The van der Waals surface area contributed by atoms with E-state index in [1.807, 2.05) is 0 Å². The third-order valence-corrected chi connectivity index (χ3v) is 3.63. The van der Waals surface area contributed by atoms with Crippen molar-refractivity contribution in [3.05, 3.63) is 56.5 Å². The number of rotatable bonds is 3. The molecule has 0 aliphatic rings. The topological polar surface area (TPSA) is 22.1 Å². The van der Waals surface area contributed by atoms with E-state index in [9.17, 15) is 4.39 Å². The molecule has 0 aliphatic heterocycles. The summed E-state index contributed by atoms with van der Waals surface area (Å²) in [6, 6.07) is 4.43. The zero-order valence-electron chi connectivity index (χ0n) is 9.83. The van der Waals surface area contributed by atoms with Gasteiger partial charge in [0.25, 0.3) is 0 Å². The van der Waals surface area contributed by atoms with Crippen LogP contribution in [0.15, 0.2) is 35.1 Å². The molecule has 0 N–H and O–H groups in total. The minimum Gasteiger partial charge on any atom is -0.484 e. The highest BCUT2D eigenvalue weighted by molar-refractivity contribution is 9.10. The van der Waals surface area contributed by atoms with Crippen LogP contribution in [0.3, 0.4) is 0 Å². The fourth-order valence-electron chi connectivity index (χ4n) is 1.64. The van der Waals surface area contributed by atoms with Gasteiger partial charge < -0.3 is 4.74 Å². The van der Waals surface area contributed by atoms with Gasteiger partial charge in [-0.25, -0.2) is 4.39 Å². The minimum absolute atomic E-state index is 0.0250. The van der Waals surface area contributed by atoms with Crippen molar-refractivity contribution in [2.24, 2.45) is 0 Å². The van der Waals surface area contributed by atoms with E-state index in [0.717, 1.165) is 4.47 Å². The van der Waals surface area contributed by atoms with Gasteiger partial charge in [-0.2, -0.15) is 0 Å². The second kappa shape index (κ2) is 6.07. The maximum Gasteiger partial charge on any atom is 0.142 e. The zero-order valence-corrected chi connectivity index (χ0v) is 12.9. The van der Waals surface area contributed by atoms with Gasteiger partial charge in [0.05, 0.1) is 11.2 Å². The number of halogens is 4. The summed E-state index contributed by atoms with van der Waals surface area (Å²) in [4.78, 5) is 3.98. The first-order valence-corrected chi connectivity index (χ1v) is 6.94. The second-order valence-electron chi connectivity index (χ2n) is 3.86. The molecular formula is C13H9BrCl2FNO. The van der Waals surface area contributed by atoms with Gasteiger partial charge in [0.2, 0.25) is 0 Å². The summed E-state index contributed by atoms with van der Waals surface area (Å²) < 4.78 is 19.9. The summed E-state index contributed by atoms with van der Waals surface area (Å²) in [5, 5.41) is 0.338. The monoisotopic (exact) mass is 363 g/mol. The van der Waals surface area contributed by atoms with E-state index in [4.69, 9.17) is 27.9 Å². The lowest BCUT2D eigenvalue weighted by Crippen LogP contribution is -2.06. The maximum atomic E-state index is 13.5. The number of nitrogens with zero attached hydrogens (tertiary/aromatic N) is 1. The Morgan fingerprint density at radius 2 is 2.05 bits per heavy atom. The molecular weight excluding hydrogens is 356 g/mol. The summed E-state index contributed by atoms with van der Waals surface area (Å²) in [5.41, 5.74) is 0.420. The third-order valence-electron chi connectivity index (χ3n) is 2.48. The second-order valence-corrected chi connectivity index (χ2v) is 5.56. The molecule has 0 unspecified atom stereocenters. The van der Waals surface area contributed by atoms with Crippen LogP contribution in [-0.2, 0) is 0 Å². The molecule has 2 nitrogen and oxygen atoms in total. The van der Waals surface area contributed by atoms with Crippen molar-refractivity contribution in [2.75, 3.05) is 0 Å². The first-order chi connectivity index (χ1) is 8.99. The molecule has 1 heterocycles. The van der Waals surface area contributed by atoms with Gasteiger partial charge in [-0.05, 0) is 41.1 Å². The van der Waals surface area contributed by atoms with Gasteiger partial charge in [-0.3, -0.25) is 4.98 Å². The summed E-state index contributed by atoms with van der Waals surface area (Å²) in [6.07, 6.45) is 2.70. The highest BCUT2D eigenvalue weighted by atomic mass is 79.9. The lowest BCUT2D eigenvalue weighted by atomic mass is 10.1. The Morgan fingerprint density at radius 1 is 1.32 bits per heavy atom. The molecule has 100 valence electrons. The summed E-state index contributed by atoms with van der Waals surface area (Å²) in [7, 11) is 0. The summed E-state index contributed by atoms with van der Waals surface area (Å²) >= 11 is 15.3. The highest BCUT2D eigenvalue weighted by Gasteiger charge is 2.18. The van der Waals surface area contributed by atoms with Gasteiger partial charge in [-0.1, -0.05) is 23.2 Å². The SMILES string of the molecule is C[C@H](Oc1cncc(Br)c1)c1c(Cl)ccc(F)c1Cl. The van der Waals surface area contributed by atoms with Gasteiger partial charge in [-0.15, -0.1) is 0 Å². The Morgan fingerprint density at radius 3 is 2.74 bits per heavy atom. The molecule has 0 fully saturated rings. The van der Waals surface area contributed by atoms with Crippen molar-refractivity contribution in [3.63, 3.8) is 0 Å². The number of benzene rings is 1. The first kappa shape index (κ1) is 14.6. The molecule has 0 aliphatic carbocycles. The standard InChI is InChI=1S/C13H9BrCl2FNO/c1-7(19-9-4-8(14)5-18-6-9)12-10(15)2-3-11(17)13(12)16/h2-7H,1H3/t7-/m0/s1. The van der Waals surface area contributed by atoms with Crippen LogP contribution < -0.4 is 4.74 Å². The van der Waals surface area contributed by atoms with Crippen molar-refractivity contribution >= 4 is 39.1 Å². The Balaban J connectivity index is 2.30. The molecule has 1 aromatic carbocycles. The fourth-order valence-corrected chi connectivity index (χ4v) is 2.66. The van der Waals surface area contributed by atoms with E-state index in [0.29, 0.717) is 16.3 Å². The normalized spacial score (nSPS) is 12.3. The average molecular weight is 365 g/mol. The van der Waals surface area contributed by atoms with Crippen LogP contribution >= 0.6 is 39.1 Å². The van der Waals surface area contributed by atoms with Crippen molar-refractivity contribution in [1.29, 1.82) is 0 Å². The average Bonchev–Trinajstić information content (AvgIpc) is 2.34. The van der Waals surface area contributed by atoms with Gasteiger partial charge in [0, 0.05) is 21.3 Å². The molecule has 0 bridgehead atoms. The Kier molecular flexibility index (Phi) is 4.66. The lowest BCUT2D eigenvalue weighted by molar-refractivity contribution is 0.225. The van der Waals surface area contributed by atoms with Gasteiger partial charge in [0.15, 0.2) is 0 Å². The largest absolute Gasteiger partial charge is 0.484 e. The molecule has 0 radical (unpaired) electrons. The molecule has 2 aromatic rings. The summed E-state index contributed by atoms with van der Waals surface area (Å²) in [6.45, 7) is 1.74. The van der Waals surface area contributed by atoms with Crippen LogP contribution in [0.5, 0.6) is 5.75 Å². The molecule has 19 heavy (non-hydrogen) atoms. The van der Waals surface area contributed by atoms with E-state index in [1.165, 1.54) is 12.1 Å². The quantitative estimate of drug-likeness (QED) is 0.677. The van der Waals surface area contributed by atoms with E-state index < -0.39 is 11.9 Å². The third kappa shape index (κ3) is 3.38. The van der Waals surface area contributed by atoms with Crippen molar-refractivity contribution in [3.8, 4) is 5.75 Å². The van der Waals surface area contributed by atoms with Gasteiger partial charge in [0.1, 0.15) is 17.7 Å². The van der Waals surface area contributed by atoms with Crippen LogP contribution in [0.4, 0.5) is 4.39 Å². The highest BCUT2D eigenvalue weighted by Crippen LogP contribution is 2.34. The maximum absolute atomic E-state index is 13.5. The Labute approximate surface area is 128 Å². The minimum atomic E-state index is -0.524. The number of hydrogen-bond acceptors (Lipinski definition) is 2. The predicted molar refractivity (Wildman–Crippen MR) is 77.4 cm³/mol. The van der Waals surface area contributed by atoms with E-state index in [1.54, 1.807) is 25.4 Å². The molecule has 1 atom stereocenters. The number of pyridine rings is 1. The van der Waals surface area contributed by atoms with Crippen LogP contribution in [0.25, 0.3) is 0 Å². The number of ether oxygens (including phenoxy) is 1. The number of aromatic nitrogens is 1. The van der Waals surface area contributed by atoms with Crippen molar-refractivity contribution in [2.45, 2.75) is 13.0 Å². The predicted octanol–water partition coefficient (Wildman–Crippen LogP) is 5.43. The van der Waals surface area contributed by atoms with E-state index >= 15 is 0 Å². The van der Waals surface area contributed by atoms with E-state index in [-0.39, 0.29) is 5.02 Å². The van der Waals surface area contributed by atoms with Gasteiger partial charge >= 0.3 is 0 Å². The molecule has 6 heteroatoms. The van der Waals surface area contributed by atoms with Crippen molar-refractivity contribution < 1.29 is 9.13 Å². The zero-order chi connectivity index (χ0) is 14.0. The smallest absolute Gasteiger partial charge is 0.142 e. The molecule has 0 spiro atoms. The molecule has 0 saturated heterocycles. The summed E-state index contributed by atoms with van der Waals surface area (Å²) in [5.74, 6) is 0.0159. The number of hydrogen-bond donors (Lipinski definition) is 0. The Hall–Kier alpha value is -0.840. The molecule has 0 amide bonds. The molecule has 2 rings (SSSR count).